The average Bonchev–Trinajstić information content (AvgIpc) is 2.42. The van der Waals surface area contributed by atoms with Gasteiger partial charge in [-0.3, -0.25) is 14.9 Å². The quantitative estimate of drug-likeness (QED) is 0.473. The molecule has 0 aliphatic rings. The van der Waals surface area contributed by atoms with E-state index in [0.29, 0.717) is 0 Å². The first kappa shape index (κ1) is 19.8. The number of sulfonamides is 1. The van der Waals surface area contributed by atoms with Crippen molar-refractivity contribution in [3.8, 4) is 0 Å². The Balaban J connectivity index is 3.04. The number of rotatable bonds is 8. The third-order valence-corrected chi connectivity index (χ3v) is 4.41. The van der Waals surface area contributed by atoms with Gasteiger partial charge in [-0.25, -0.2) is 13.1 Å². The van der Waals surface area contributed by atoms with E-state index in [-0.39, 0.29) is 35.1 Å². The Morgan fingerprint density at radius 3 is 2.33 bits per heavy atom. The Morgan fingerprint density at radius 2 is 1.83 bits per heavy atom. The number of carbonyl (C=O) groups excluding carboxylic acids is 1. The van der Waals surface area contributed by atoms with E-state index in [9.17, 15) is 23.3 Å². The number of nitro groups is 1. The zero-order valence-electron chi connectivity index (χ0n) is 14.0. The number of nitrogens with zero attached hydrogens (tertiary/aromatic N) is 1. The smallest absolute Gasteiger partial charge is 0.293 e. The fraction of sp³-hybridized carbons (Fsp3) is 0.500. The molecule has 1 aromatic rings. The van der Waals surface area contributed by atoms with E-state index in [0.717, 1.165) is 6.07 Å². The fourth-order valence-corrected chi connectivity index (χ4v) is 3.18. The zero-order valence-corrected chi connectivity index (χ0v) is 14.8. The third-order valence-electron chi connectivity index (χ3n) is 2.76. The molecule has 0 heterocycles. The third kappa shape index (κ3) is 5.78. The van der Waals surface area contributed by atoms with Crippen LogP contribution in [-0.4, -0.2) is 37.9 Å². The van der Waals surface area contributed by atoms with Crippen LogP contribution in [0.1, 0.15) is 27.7 Å². The van der Waals surface area contributed by atoms with Gasteiger partial charge in [0.25, 0.3) is 5.69 Å². The lowest BCUT2D eigenvalue weighted by Gasteiger charge is -2.12. The summed E-state index contributed by atoms with van der Waals surface area (Å²) in [6, 6.07) is 3.10. The van der Waals surface area contributed by atoms with E-state index < -0.39 is 20.6 Å². The second-order valence-corrected chi connectivity index (χ2v) is 7.50. The summed E-state index contributed by atoms with van der Waals surface area (Å²) in [5, 5.41) is 16.5. The van der Waals surface area contributed by atoms with Crippen LogP contribution in [0.15, 0.2) is 23.1 Å². The molecule has 0 atom stereocenters. The number of amides is 1. The number of carbonyl (C=O) groups is 1. The Labute approximate surface area is 141 Å². The fourth-order valence-electron chi connectivity index (χ4n) is 1.91. The summed E-state index contributed by atoms with van der Waals surface area (Å²) in [6.45, 7) is 6.73. The highest BCUT2D eigenvalue weighted by molar-refractivity contribution is 7.89. The van der Waals surface area contributed by atoms with Gasteiger partial charge in [-0.05, 0) is 39.8 Å². The monoisotopic (exact) mass is 358 g/mol. The summed E-state index contributed by atoms with van der Waals surface area (Å²) in [5.74, 6) is -0.322. The molecule has 0 saturated heterocycles. The van der Waals surface area contributed by atoms with Crippen molar-refractivity contribution in [2.75, 3.05) is 11.9 Å². The minimum atomic E-state index is -3.84. The van der Waals surface area contributed by atoms with Gasteiger partial charge >= 0.3 is 0 Å². The van der Waals surface area contributed by atoms with Gasteiger partial charge < -0.3 is 10.6 Å². The predicted octanol–water partition coefficient (Wildman–Crippen LogP) is 1.22. The number of hydrogen-bond donors (Lipinski definition) is 3. The summed E-state index contributed by atoms with van der Waals surface area (Å²) in [7, 11) is -3.84. The van der Waals surface area contributed by atoms with Crippen LogP contribution >= 0.6 is 0 Å². The summed E-state index contributed by atoms with van der Waals surface area (Å²) in [4.78, 5) is 21.9. The molecule has 24 heavy (non-hydrogen) atoms. The van der Waals surface area contributed by atoms with E-state index in [4.69, 9.17) is 0 Å². The molecule has 3 N–H and O–H groups in total. The van der Waals surface area contributed by atoms with Gasteiger partial charge in [-0.15, -0.1) is 0 Å². The summed E-state index contributed by atoms with van der Waals surface area (Å²) in [5.41, 5.74) is -0.346. The number of benzene rings is 1. The maximum atomic E-state index is 12.1. The first-order valence-electron chi connectivity index (χ1n) is 7.37. The lowest BCUT2D eigenvalue weighted by molar-refractivity contribution is -0.384. The van der Waals surface area contributed by atoms with Crippen molar-refractivity contribution < 1.29 is 18.1 Å². The number of nitrogens with one attached hydrogen (secondary N) is 3. The Morgan fingerprint density at radius 1 is 1.21 bits per heavy atom. The lowest BCUT2D eigenvalue weighted by Crippen LogP contribution is -2.35. The molecule has 1 amide bonds. The molecule has 0 aliphatic carbocycles. The molecular weight excluding hydrogens is 336 g/mol. The molecule has 10 heteroatoms. The van der Waals surface area contributed by atoms with E-state index >= 15 is 0 Å². The van der Waals surface area contributed by atoms with Crippen molar-refractivity contribution in [1.29, 1.82) is 0 Å². The second kappa shape index (κ2) is 8.06. The van der Waals surface area contributed by atoms with Gasteiger partial charge in [0.2, 0.25) is 15.9 Å². The SMILES string of the molecule is CC(C)NC(=O)CNc1ccc(S(=O)(=O)NC(C)C)cc1[N+](=O)[O-]. The van der Waals surface area contributed by atoms with Gasteiger partial charge in [0.05, 0.1) is 16.4 Å². The first-order chi connectivity index (χ1) is 11.0. The maximum absolute atomic E-state index is 12.1. The Bertz CT molecular complexity index is 716. The summed E-state index contributed by atoms with van der Waals surface area (Å²) in [6.07, 6.45) is 0. The lowest BCUT2D eigenvalue weighted by atomic mass is 10.2. The molecular formula is C14H22N4O5S. The molecule has 0 bridgehead atoms. The van der Waals surface area contributed by atoms with E-state index in [1.54, 1.807) is 27.7 Å². The van der Waals surface area contributed by atoms with Crippen molar-refractivity contribution >= 4 is 27.3 Å². The Kier molecular flexibility index (Phi) is 6.67. The number of hydrogen-bond acceptors (Lipinski definition) is 6. The van der Waals surface area contributed by atoms with Crippen molar-refractivity contribution in [3.63, 3.8) is 0 Å². The zero-order chi connectivity index (χ0) is 18.5. The van der Waals surface area contributed by atoms with Crippen LogP contribution < -0.4 is 15.4 Å². The molecule has 0 unspecified atom stereocenters. The minimum Gasteiger partial charge on any atom is -0.371 e. The molecule has 0 aromatic heterocycles. The molecule has 0 aliphatic heterocycles. The average molecular weight is 358 g/mol. The molecule has 9 nitrogen and oxygen atoms in total. The maximum Gasteiger partial charge on any atom is 0.293 e. The largest absolute Gasteiger partial charge is 0.371 e. The van der Waals surface area contributed by atoms with Crippen LogP contribution in [0.3, 0.4) is 0 Å². The first-order valence-corrected chi connectivity index (χ1v) is 8.85. The number of anilines is 1. The van der Waals surface area contributed by atoms with Crippen LogP contribution in [-0.2, 0) is 14.8 Å². The van der Waals surface area contributed by atoms with E-state index in [1.807, 2.05) is 0 Å². The second-order valence-electron chi connectivity index (χ2n) is 5.79. The van der Waals surface area contributed by atoms with Crippen LogP contribution in [0.4, 0.5) is 11.4 Å². The van der Waals surface area contributed by atoms with Gasteiger partial charge in [0, 0.05) is 18.2 Å². The predicted molar refractivity (Wildman–Crippen MR) is 90.3 cm³/mol. The van der Waals surface area contributed by atoms with E-state index in [2.05, 4.69) is 15.4 Å². The highest BCUT2D eigenvalue weighted by Gasteiger charge is 2.22. The molecule has 1 aromatic carbocycles. The summed E-state index contributed by atoms with van der Waals surface area (Å²) < 4.78 is 26.6. The van der Waals surface area contributed by atoms with Crippen LogP contribution in [0.25, 0.3) is 0 Å². The van der Waals surface area contributed by atoms with Crippen molar-refractivity contribution in [3.05, 3.63) is 28.3 Å². The van der Waals surface area contributed by atoms with Gasteiger partial charge in [-0.2, -0.15) is 0 Å². The van der Waals surface area contributed by atoms with Gasteiger partial charge in [-0.1, -0.05) is 0 Å². The van der Waals surface area contributed by atoms with Crippen molar-refractivity contribution in [1.82, 2.24) is 10.0 Å². The normalized spacial score (nSPS) is 11.6. The Hall–Kier alpha value is -2.20. The molecule has 0 saturated carbocycles. The van der Waals surface area contributed by atoms with Crippen LogP contribution in [0.5, 0.6) is 0 Å². The molecule has 0 radical (unpaired) electrons. The van der Waals surface area contributed by atoms with Crippen molar-refractivity contribution in [2.45, 2.75) is 44.7 Å². The summed E-state index contributed by atoms with van der Waals surface area (Å²) >= 11 is 0. The topological polar surface area (TPSA) is 130 Å². The van der Waals surface area contributed by atoms with Gasteiger partial charge in [0.1, 0.15) is 5.69 Å². The molecule has 0 fully saturated rings. The molecule has 0 spiro atoms. The van der Waals surface area contributed by atoms with Gasteiger partial charge in [0.15, 0.2) is 0 Å². The van der Waals surface area contributed by atoms with Crippen LogP contribution in [0.2, 0.25) is 0 Å². The molecule has 1 rings (SSSR count). The van der Waals surface area contributed by atoms with E-state index in [1.165, 1.54) is 12.1 Å². The van der Waals surface area contributed by atoms with Crippen LogP contribution in [0, 0.1) is 10.1 Å². The highest BCUT2D eigenvalue weighted by atomic mass is 32.2. The number of nitro benzene ring substituents is 1. The highest BCUT2D eigenvalue weighted by Crippen LogP contribution is 2.27. The standard InChI is InChI=1S/C14H22N4O5S/c1-9(2)16-14(19)8-15-12-6-5-11(7-13(12)18(20)21)24(22,23)17-10(3)4/h5-7,9-10,15,17H,8H2,1-4H3,(H,16,19). The molecule has 134 valence electrons. The van der Waals surface area contributed by atoms with Crippen molar-refractivity contribution in [2.24, 2.45) is 0 Å². The minimum absolute atomic E-state index is 0.0519.